The van der Waals surface area contributed by atoms with Crippen LogP contribution >= 0.6 is 0 Å². The topological polar surface area (TPSA) is 46.5 Å². The Morgan fingerprint density at radius 2 is 2.26 bits per heavy atom. The Kier molecular flexibility index (Phi) is 4.53. The highest BCUT2D eigenvalue weighted by Gasteiger charge is 2.20. The molecule has 1 fully saturated rings. The third kappa shape index (κ3) is 3.77. The van der Waals surface area contributed by atoms with Gasteiger partial charge in [0.2, 0.25) is 0 Å². The Hall–Kier alpha value is -1.42. The van der Waals surface area contributed by atoms with Crippen molar-refractivity contribution in [3.63, 3.8) is 0 Å². The molecule has 2 atom stereocenters. The molecular formula is C15H19FO3. The van der Waals surface area contributed by atoms with Crippen molar-refractivity contribution in [1.82, 2.24) is 0 Å². The summed E-state index contributed by atoms with van der Waals surface area (Å²) in [6.07, 6.45) is 4.54. The molecule has 19 heavy (non-hydrogen) atoms. The van der Waals surface area contributed by atoms with Crippen LogP contribution in [0.5, 0.6) is 0 Å². The highest BCUT2D eigenvalue weighted by Crippen LogP contribution is 2.26. The lowest BCUT2D eigenvalue weighted by molar-refractivity contribution is 0.00351. The van der Waals surface area contributed by atoms with Gasteiger partial charge >= 0.3 is 5.97 Å². The summed E-state index contributed by atoms with van der Waals surface area (Å²) in [6, 6.07) is 3.80. The third-order valence-corrected chi connectivity index (χ3v) is 3.66. The average Bonchev–Trinajstić information content (AvgIpc) is 2.37. The van der Waals surface area contributed by atoms with Crippen molar-refractivity contribution in [2.45, 2.75) is 45.3 Å². The number of halogens is 1. The lowest BCUT2D eigenvalue weighted by Gasteiger charge is -2.26. The van der Waals surface area contributed by atoms with Gasteiger partial charge in [-0.05, 0) is 37.0 Å². The quantitative estimate of drug-likeness (QED) is 0.905. The van der Waals surface area contributed by atoms with Crippen molar-refractivity contribution in [1.29, 1.82) is 0 Å². The molecule has 3 nitrogen and oxygen atoms in total. The summed E-state index contributed by atoms with van der Waals surface area (Å²) in [5, 5.41) is 8.89. The zero-order valence-corrected chi connectivity index (χ0v) is 11.1. The number of carboxylic acid groups (broad SMARTS) is 1. The highest BCUT2D eigenvalue weighted by atomic mass is 19.1. The number of aromatic carboxylic acids is 1. The summed E-state index contributed by atoms with van der Waals surface area (Å²) in [5.74, 6) is -0.810. The van der Waals surface area contributed by atoms with Gasteiger partial charge in [-0.1, -0.05) is 19.8 Å². The van der Waals surface area contributed by atoms with Gasteiger partial charge in [-0.25, -0.2) is 9.18 Å². The van der Waals surface area contributed by atoms with Crippen molar-refractivity contribution in [2.75, 3.05) is 0 Å². The van der Waals surface area contributed by atoms with Gasteiger partial charge in [-0.15, -0.1) is 0 Å². The number of carboxylic acids is 1. The van der Waals surface area contributed by atoms with E-state index in [1.165, 1.54) is 24.6 Å². The predicted molar refractivity (Wildman–Crippen MR) is 69.6 cm³/mol. The minimum atomic E-state index is -1.05. The largest absolute Gasteiger partial charge is 0.478 e. The van der Waals surface area contributed by atoms with Gasteiger partial charge in [0.15, 0.2) is 0 Å². The number of hydrogen-bond acceptors (Lipinski definition) is 2. The van der Waals surface area contributed by atoms with E-state index >= 15 is 0 Å². The van der Waals surface area contributed by atoms with Crippen LogP contribution in [0.2, 0.25) is 0 Å². The van der Waals surface area contributed by atoms with Crippen LogP contribution in [0.1, 0.15) is 48.5 Å². The zero-order valence-electron chi connectivity index (χ0n) is 11.1. The van der Waals surface area contributed by atoms with Crippen molar-refractivity contribution >= 4 is 5.97 Å². The molecule has 1 aromatic rings. The summed E-state index contributed by atoms with van der Waals surface area (Å²) < 4.78 is 19.3. The van der Waals surface area contributed by atoms with Gasteiger partial charge < -0.3 is 9.84 Å². The molecule has 0 saturated heterocycles. The van der Waals surface area contributed by atoms with Crippen LogP contribution in [0.4, 0.5) is 4.39 Å². The maximum Gasteiger partial charge on any atom is 0.335 e. The summed E-state index contributed by atoms with van der Waals surface area (Å²) in [5.41, 5.74) is 0.412. The Morgan fingerprint density at radius 1 is 1.47 bits per heavy atom. The Labute approximate surface area is 112 Å². The summed E-state index contributed by atoms with van der Waals surface area (Å²) in [7, 11) is 0. The van der Waals surface area contributed by atoms with Gasteiger partial charge in [0, 0.05) is 5.56 Å². The van der Waals surface area contributed by atoms with E-state index in [0.29, 0.717) is 11.5 Å². The van der Waals surface area contributed by atoms with Crippen molar-refractivity contribution in [3.05, 3.63) is 35.1 Å². The molecule has 0 aliphatic heterocycles. The molecule has 0 aromatic heterocycles. The Morgan fingerprint density at radius 3 is 2.95 bits per heavy atom. The SMILES string of the molecule is CC1CCCC(OCc2cc(C(=O)O)ccc2F)C1. The van der Waals surface area contributed by atoms with E-state index in [9.17, 15) is 9.18 Å². The summed E-state index contributed by atoms with van der Waals surface area (Å²) >= 11 is 0. The van der Waals surface area contributed by atoms with Crippen LogP contribution in [0.25, 0.3) is 0 Å². The molecule has 0 bridgehead atoms. The van der Waals surface area contributed by atoms with Crippen LogP contribution in [0.3, 0.4) is 0 Å². The van der Waals surface area contributed by atoms with Crippen LogP contribution < -0.4 is 0 Å². The summed E-state index contributed by atoms with van der Waals surface area (Å²) in [4.78, 5) is 10.9. The molecule has 2 unspecified atom stereocenters. The van der Waals surface area contributed by atoms with E-state index in [-0.39, 0.29) is 18.3 Å². The fraction of sp³-hybridized carbons (Fsp3) is 0.533. The molecular weight excluding hydrogens is 247 g/mol. The van der Waals surface area contributed by atoms with E-state index in [4.69, 9.17) is 9.84 Å². The first-order valence-corrected chi connectivity index (χ1v) is 6.69. The standard InChI is InChI=1S/C15H19FO3/c1-10-3-2-4-13(7-10)19-9-12-8-11(15(17)18)5-6-14(12)16/h5-6,8,10,13H,2-4,7,9H2,1H3,(H,17,18). The lowest BCUT2D eigenvalue weighted by Crippen LogP contribution is -2.21. The number of rotatable bonds is 4. The van der Waals surface area contributed by atoms with Crippen LogP contribution in [0, 0.1) is 11.7 Å². The molecule has 0 radical (unpaired) electrons. The Balaban J connectivity index is 1.98. The first-order valence-electron chi connectivity index (χ1n) is 6.69. The maximum atomic E-state index is 13.6. The molecule has 1 aromatic carbocycles. The second-order valence-corrected chi connectivity index (χ2v) is 5.32. The van der Waals surface area contributed by atoms with Gasteiger partial charge in [-0.2, -0.15) is 0 Å². The smallest absolute Gasteiger partial charge is 0.335 e. The zero-order chi connectivity index (χ0) is 13.8. The number of ether oxygens (including phenoxy) is 1. The minimum Gasteiger partial charge on any atom is -0.478 e. The highest BCUT2D eigenvalue weighted by molar-refractivity contribution is 5.87. The molecule has 1 aliphatic rings. The second kappa shape index (κ2) is 6.15. The van der Waals surface area contributed by atoms with E-state index in [1.807, 2.05) is 0 Å². The van der Waals surface area contributed by atoms with E-state index < -0.39 is 11.8 Å². The van der Waals surface area contributed by atoms with Gasteiger partial charge in [0.05, 0.1) is 18.3 Å². The number of benzene rings is 1. The molecule has 0 amide bonds. The first kappa shape index (κ1) is 14.0. The van der Waals surface area contributed by atoms with Gasteiger partial charge in [-0.3, -0.25) is 0 Å². The monoisotopic (exact) mass is 266 g/mol. The van der Waals surface area contributed by atoms with Crippen LogP contribution in [-0.4, -0.2) is 17.2 Å². The summed E-state index contributed by atoms with van der Waals surface area (Å²) in [6.45, 7) is 2.34. The Bertz CT molecular complexity index is 459. The van der Waals surface area contributed by atoms with Crippen LogP contribution in [-0.2, 0) is 11.3 Å². The third-order valence-electron chi connectivity index (χ3n) is 3.66. The van der Waals surface area contributed by atoms with Crippen molar-refractivity contribution in [2.24, 2.45) is 5.92 Å². The van der Waals surface area contributed by atoms with E-state index in [0.717, 1.165) is 19.3 Å². The maximum absolute atomic E-state index is 13.6. The first-order chi connectivity index (χ1) is 9.06. The molecule has 1 saturated carbocycles. The normalized spacial score (nSPS) is 23.3. The van der Waals surface area contributed by atoms with Gasteiger partial charge in [0.25, 0.3) is 0 Å². The molecule has 0 spiro atoms. The lowest BCUT2D eigenvalue weighted by atomic mass is 9.89. The fourth-order valence-electron chi connectivity index (χ4n) is 2.56. The second-order valence-electron chi connectivity index (χ2n) is 5.32. The average molecular weight is 266 g/mol. The molecule has 104 valence electrons. The van der Waals surface area contributed by atoms with E-state index in [1.54, 1.807) is 0 Å². The molecule has 2 rings (SSSR count). The predicted octanol–water partition coefficient (Wildman–Crippen LogP) is 3.62. The van der Waals surface area contributed by atoms with Crippen LogP contribution in [0.15, 0.2) is 18.2 Å². The minimum absolute atomic E-state index is 0.0945. The van der Waals surface area contributed by atoms with Gasteiger partial charge in [0.1, 0.15) is 5.82 Å². The molecule has 1 aliphatic carbocycles. The van der Waals surface area contributed by atoms with E-state index in [2.05, 4.69) is 6.92 Å². The number of hydrogen-bond donors (Lipinski definition) is 1. The molecule has 0 heterocycles. The molecule has 4 heteroatoms. The fourth-order valence-corrected chi connectivity index (χ4v) is 2.56. The molecule has 1 N–H and O–H groups in total. The number of carbonyl (C=O) groups is 1. The van der Waals surface area contributed by atoms with Crippen molar-refractivity contribution in [3.8, 4) is 0 Å². The van der Waals surface area contributed by atoms with Crippen molar-refractivity contribution < 1.29 is 19.0 Å².